The predicted octanol–water partition coefficient (Wildman–Crippen LogP) is 2.89. The van der Waals surface area contributed by atoms with E-state index in [4.69, 9.17) is 0 Å². The Balaban J connectivity index is 2.59. The highest BCUT2D eigenvalue weighted by Crippen LogP contribution is 2.22. The molecule has 90 valence electrons. The summed E-state index contributed by atoms with van der Waals surface area (Å²) in [7, 11) is 0. The summed E-state index contributed by atoms with van der Waals surface area (Å²) in [6.45, 7) is 1.54. The van der Waals surface area contributed by atoms with Crippen molar-refractivity contribution in [3.8, 4) is 5.75 Å². The fraction of sp³-hybridized carbons (Fsp3) is 0.231. The zero-order valence-electron chi connectivity index (χ0n) is 9.55. The molecule has 0 radical (unpaired) electrons. The largest absolute Gasteiger partial charge is 0.507 e. The van der Waals surface area contributed by atoms with Gasteiger partial charge in [-0.05, 0) is 12.5 Å². The van der Waals surface area contributed by atoms with E-state index in [9.17, 15) is 14.7 Å². The van der Waals surface area contributed by atoms with Gasteiger partial charge in [0, 0.05) is 18.2 Å². The first kappa shape index (κ1) is 13.5. The maximum absolute atomic E-state index is 10.7. The predicted molar refractivity (Wildman–Crippen MR) is 70.3 cm³/mol. The van der Waals surface area contributed by atoms with Crippen LogP contribution in [0.5, 0.6) is 5.75 Å². The van der Waals surface area contributed by atoms with E-state index in [0.717, 1.165) is 12.2 Å². The Kier molecular flexibility index (Phi) is 5.49. The molecule has 0 spiro atoms. The number of rotatable bonds is 5. The number of para-hydroxylation sites is 1. The molecule has 0 saturated heterocycles. The van der Waals surface area contributed by atoms with Crippen LogP contribution in [0.4, 0.5) is 0 Å². The van der Waals surface area contributed by atoms with Crippen molar-refractivity contribution in [3.05, 3.63) is 35.4 Å². The van der Waals surface area contributed by atoms with Crippen LogP contribution in [-0.4, -0.2) is 22.3 Å². The molecule has 4 heteroatoms. The summed E-state index contributed by atoms with van der Waals surface area (Å²) < 4.78 is 0. The van der Waals surface area contributed by atoms with E-state index >= 15 is 0 Å². The number of hydrogen-bond acceptors (Lipinski definition) is 4. The van der Waals surface area contributed by atoms with Gasteiger partial charge in [-0.3, -0.25) is 9.59 Å². The molecular weight excluding hydrogens is 236 g/mol. The van der Waals surface area contributed by atoms with Crippen molar-refractivity contribution in [1.82, 2.24) is 0 Å². The third-order valence-electron chi connectivity index (χ3n) is 2.11. The highest BCUT2D eigenvalue weighted by atomic mass is 32.2. The molecule has 1 aromatic rings. The van der Waals surface area contributed by atoms with Crippen LogP contribution in [0.1, 0.15) is 29.3 Å². The van der Waals surface area contributed by atoms with Gasteiger partial charge in [0.25, 0.3) is 0 Å². The van der Waals surface area contributed by atoms with E-state index in [0.29, 0.717) is 11.8 Å². The first-order valence-electron chi connectivity index (χ1n) is 5.22. The topological polar surface area (TPSA) is 54.4 Å². The number of carbonyl (C=O) groups excluding carboxylic acids is 2. The van der Waals surface area contributed by atoms with Gasteiger partial charge in [0.15, 0.2) is 11.4 Å². The van der Waals surface area contributed by atoms with E-state index < -0.39 is 0 Å². The van der Waals surface area contributed by atoms with Crippen molar-refractivity contribution >= 4 is 29.2 Å². The first-order valence-corrected chi connectivity index (χ1v) is 6.20. The molecule has 0 aliphatic heterocycles. The maximum Gasteiger partial charge on any atom is 0.185 e. The number of carbonyl (C=O) groups is 2. The number of phenolic OH excluding ortho intramolecular Hbond substituents is 1. The van der Waals surface area contributed by atoms with Crippen molar-refractivity contribution < 1.29 is 14.7 Å². The van der Waals surface area contributed by atoms with Crippen LogP contribution in [0.2, 0.25) is 0 Å². The molecule has 1 rings (SSSR count). The van der Waals surface area contributed by atoms with Gasteiger partial charge < -0.3 is 5.11 Å². The summed E-state index contributed by atoms with van der Waals surface area (Å²) in [5, 5.41) is 9.79. The molecule has 0 bridgehead atoms. The lowest BCUT2D eigenvalue weighted by molar-refractivity contribution is -0.109. The van der Waals surface area contributed by atoms with Gasteiger partial charge in [-0.15, -0.1) is 0 Å². The summed E-state index contributed by atoms with van der Waals surface area (Å²) in [5.41, 5.74) is 0.896. The van der Waals surface area contributed by atoms with Gasteiger partial charge in [0.1, 0.15) is 5.75 Å². The lowest BCUT2D eigenvalue weighted by atomic mass is 10.1. The van der Waals surface area contributed by atoms with Crippen molar-refractivity contribution in [2.75, 3.05) is 5.75 Å². The molecule has 0 aromatic heterocycles. The van der Waals surface area contributed by atoms with Crippen LogP contribution < -0.4 is 0 Å². The highest BCUT2D eigenvalue weighted by molar-refractivity contribution is 8.13. The maximum atomic E-state index is 10.7. The van der Waals surface area contributed by atoms with Crippen molar-refractivity contribution in [3.63, 3.8) is 0 Å². The fourth-order valence-electron chi connectivity index (χ4n) is 1.29. The van der Waals surface area contributed by atoms with Crippen LogP contribution in [0.15, 0.2) is 24.3 Å². The lowest BCUT2D eigenvalue weighted by Crippen LogP contribution is -1.85. The minimum atomic E-state index is -0.00188. The number of hydrogen-bond donors (Lipinski definition) is 1. The summed E-state index contributed by atoms with van der Waals surface area (Å²) in [6, 6.07) is 5.01. The average molecular weight is 250 g/mol. The van der Waals surface area contributed by atoms with Crippen molar-refractivity contribution in [1.29, 1.82) is 0 Å². The van der Waals surface area contributed by atoms with Gasteiger partial charge in [0.05, 0.1) is 5.56 Å². The van der Waals surface area contributed by atoms with Gasteiger partial charge >= 0.3 is 0 Å². The van der Waals surface area contributed by atoms with Crippen LogP contribution >= 0.6 is 11.8 Å². The quantitative estimate of drug-likeness (QED) is 0.645. The standard InChI is InChI=1S/C13H14O3S/c1-10(15)17-8-3-2-5-11-6-4-7-12(9-14)13(11)16/h2,4-7,9,16H,3,8H2,1H3. The van der Waals surface area contributed by atoms with Crippen LogP contribution in [0.3, 0.4) is 0 Å². The summed E-state index contributed by atoms with van der Waals surface area (Å²) in [4.78, 5) is 21.3. The van der Waals surface area contributed by atoms with E-state index in [1.54, 1.807) is 24.3 Å². The smallest absolute Gasteiger partial charge is 0.185 e. The van der Waals surface area contributed by atoms with Gasteiger partial charge in [-0.25, -0.2) is 0 Å². The van der Waals surface area contributed by atoms with Gasteiger partial charge in [-0.1, -0.05) is 36.0 Å². The molecule has 0 atom stereocenters. The minimum Gasteiger partial charge on any atom is -0.507 e. The zero-order valence-corrected chi connectivity index (χ0v) is 10.4. The Morgan fingerprint density at radius 3 is 2.76 bits per heavy atom. The monoisotopic (exact) mass is 250 g/mol. The Hall–Kier alpha value is -1.55. The summed E-state index contributed by atoms with van der Waals surface area (Å²) in [5.74, 6) is 0.720. The molecule has 0 fully saturated rings. The van der Waals surface area contributed by atoms with E-state index in [-0.39, 0.29) is 16.4 Å². The number of aromatic hydroxyl groups is 1. The van der Waals surface area contributed by atoms with Gasteiger partial charge in [-0.2, -0.15) is 0 Å². The Bertz CT molecular complexity index is 438. The molecule has 1 aromatic carbocycles. The third-order valence-corrected chi connectivity index (χ3v) is 2.96. The van der Waals surface area contributed by atoms with Crippen LogP contribution in [0, 0.1) is 0 Å². The third kappa shape index (κ3) is 4.44. The molecule has 0 amide bonds. The molecule has 1 N–H and O–H groups in total. The number of aldehydes is 1. The molecule has 0 saturated carbocycles. The molecule has 0 unspecified atom stereocenters. The molecule has 3 nitrogen and oxygen atoms in total. The Labute approximate surface area is 105 Å². The van der Waals surface area contributed by atoms with Crippen LogP contribution in [-0.2, 0) is 4.79 Å². The Morgan fingerprint density at radius 2 is 2.12 bits per heavy atom. The van der Waals surface area contributed by atoms with E-state index in [2.05, 4.69) is 0 Å². The highest BCUT2D eigenvalue weighted by Gasteiger charge is 2.02. The second-order valence-electron chi connectivity index (χ2n) is 3.43. The average Bonchev–Trinajstić information content (AvgIpc) is 2.30. The summed E-state index contributed by atoms with van der Waals surface area (Å²) in [6.07, 6.45) is 5.00. The summed E-state index contributed by atoms with van der Waals surface area (Å²) >= 11 is 1.27. The number of phenols is 1. The second-order valence-corrected chi connectivity index (χ2v) is 4.71. The number of benzene rings is 1. The van der Waals surface area contributed by atoms with Crippen molar-refractivity contribution in [2.24, 2.45) is 0 Å². The molecular formula is C13H14O3S. The van der Waals surface area contributed by atoms with Gasteiger partial charge in [0.2, 0.25) is 0 Å². The number of thioether (sulfide) groups is 1. The number of allylic oxidation sites excluding steroid dienone is 1. The SMILES string of the molecule is CC(=O)SCCC=Cc1cccc(C=O)c1O. The minimum absolute atomic E-state index is 0.00188. The Morgan fingerprint density at radius 1 is 1.41 bits per heavy atom. The molecule has 17 heavy (non-hydrogen) atoms. The molecule has 0 aliphatic carbocycles. The van der Waals surface area contributed by atoms with Crippen molar-refractivity contribution in [2.45, 2.75) is 13.3 Å². The van der Waals surface area contributed by atoms with E-state index in [1.807, 2.05) is 6.08 Å². The second kappa shape index (κ2) is 6.91. The molecule has 0 heterocycles. The fourth-order valence-corrected chi connectivity index (χ4v) is 1.83. The van der Waals surface area contributed by atoms with Crippen LogP contribution in [0.25, 0.3) is 6.08 Å². The first-order chi connectivity index (χ1) is 8.15. The van der Waals surface area contributed by atoms with E-state index in [1.165, 1.54) is 18.7 Å². The lowest BCUT2D eigenvalue weighted by Gasteiger charge is -2.01. The normalized spacial score (nSPS) is 10.6. The molecule has 0 aliphatic rings. The zero-order chi connectivity index (χ0) is 12.7.